The van der Waals surface area contributed by atoms with Gasteiger partial charge in [-0.2, -0.15) is 0 Å². The molecule has 0 unspecified atom stereocenters. The first-order valence-corrected chi connectivity index (χ1v) is 10.0. The Bertz CT molecular complexity index is 1230. The summed E-state index contributed by atoms with van der Waals surface area (Å²) in [6, 6.07) is 21.6. The Morgan fingerprint density at radius 2 is 1.52 bits per heavy atom. The van der Waals surface area contributed by atoms with Crippen molar-refractivity contribution < 1.29 is 19.0 Å². The highest BCUT2D eigenvalue weighted by Gasteiger charge is 2.19. The number of esters is 1. The normalized spacial score (nSPS) is 10.7. The van der Waals surface area contributed by atoms with Gasteiger partial charge in [0.25, 0.3) is 0 Å². The number of hydrogen-bond donors (Lipinski definition) is 0. The predicted molar refractivity (Wildman–Crippen MR) is 122 cm³/mol. The van der Waals surface area contributed by atoms with E-state index in [9.17, 15) is 4.79 Å². The van der Waals surface area contributed by atoms with Crippen molar-refractivity contribution in [2.75, 3.05) is 20.8 Å². The number of benzene rings is 3. The van der Waals surface area contributed by atoms with Gasteiger partial charge in [-0.05, 0) is 30.2 Å². The molecule has 0 bridgehead atoms. The zero-order chi connectivity index (χ0) is 21.8. The van der Waals surface area contributed by atoms with E-state index in [1.165, 1.54) is 0 Å². The van der Waals surface area contributed by atoms with Crippen LogP contribution in [-0.4, -0.2) is 31.8 Å². The van der Waals surface area contributed by atoms with Crippen LogP contribution in [0.1, 0.15) is 17.3 Å². The van der Waals surface area contributed by atoms with Gasteiger partial charge in [0.2, 0.25) is 0 Å². The van der Waals surface area contributed by atoms with E-state index >= 15 is 0 Å². The lowest BCUT2D eigenvalue weighted by Crippen LogP contribution is -2.08. The molecule has 5 heteroatoms. The molecule has 156 valence electrons. The standard InChI is InChI=1S/C26H23NO4/c1-4-31-26(28)21-16-27-25-20(9-7-11-23(25)30-3)24(21)18-14-12-17(13-15-18)19-8-5-6-10-22(19)29-2/h5-16H,4H2,1-3H3. The average Bonchev–Trinajstić information content (AvgIpc) is 2.83. The molecule has 0 spiro atoms. The van der Waals surface area contributed by atoms with Gasteiger partial charge in [-0.15, -0.1) is 0 Å². The topological polar surface area (TPSA) is 57.7 Å². The number of rotatable bonds is 6. The number of aromatic nitrogens is 1. The van der Waals surface area contributed by atoms with Crippen LogP contribution in [0.2, 0.25) is 0 Å². The molecule has 0 saturated heterocycles. The lowest BCUT2D eigenvalue weighted by atomic mass is 9.94. The molecule has 0 fully saturated rings. The van der Waals surface area contributed by atoms with Gasteiger partial charge in [0, 0.05) is 22.7 Å². The van der Waals surface area contributed by atoms with E-state index in [0.29, 0.717) is 23.4 Å². The van der Waals surface area contributed by atoms with Crippen LogP contribution in [0.3, 0.4) is 0 Å². The highest BCUT2D eigenvalue weighted by Crippen LogP contribution is 2.37. The molecule has 4 rings (SSSR count). The molecule has 0 radical (unpaired) electrons. The Hall–Kier alpha value is -3.86. The summed E-state index contributed by atoms with van der Waals surface area (Å²) in [5.74, 6) is 1.06. The van der Waals surface area contributed by atoms with Crippen molar-refractivity contribution in [2.24, 2.45) is 0 Å². The molecule has 0 saturated carbocycles. The van der Waals surface area contributed by atoms with Crippen molar-refractivity contribution in [3.05, 3.63) is 78.5 Å². The zero-order valence-electron chi connectivity index (χ0n) is 17.7. The van der Waals surface area contributed by atoms with Crippen molar-refractivity contribution in [1.82, 2.24) is 4.98 Å². The number of nitrogens with zero attached hydrogens (tertiary/aromatic N) is 1. The minimum atomic E-state index is -0.400. The summed E-state index contributed by atoms with van der Waals surface area (Å²) in [5, 5.41) is 0.829. The van der Waals surface area contributed by atoms with Gasteiger partial charge in [0.1, 0.15) is 17.0 Å². The van der Waals surface area contributed by atoms with Crippen LogP contribution >= 0.6 is 0 Å². The summed E-state index contributed by atoms with van der Waals surface area (Å²) in [6.45, 7) is 2.08. The summed E-state index contributed by atoms with van der Waals surface area (Å²) in [7, 11) is 3.27. The summed E-state index contributed by atoms with van der Waals surface area (Å²) < 4.78 is 16.3. The van der Waals surface area contributed by atoms with Crippen LogP contribution in [0.15, 0.2) is 72.9 Å². The molecule has 0 aliphatic rings. The molecular weight excluding hydrogens is 390 g/mol. The molecule has 0 atom stereocenters. The minimum Gasteiger partial charge on any atom is -0.496 e. The molecule has 0 amide bonds. The Morgan fingerprint density at radius 3 is 2.23 bits per heavy atom. The summed E-state index contributed by atoms with van der Waals surface area (Å²) in [6.07, 6.45) is 1.56. The average molecular weight is 413 g/mol. The van der Waals surface area contributed by atoms with Crippen LogP contribution in [-0.2, 0) is 4.74 Å². The fourth-order valence-corrected chi connectivity index (χ4v) is 3.73. The van der Waals surface area contributed by atoms with Crippen molar-refractivity contribution in [2.45, 2.75) is 6.92 Å². The molecule has 0 aliphatic carbocycles. The maximum absolute atomic E-state index is 12.7. The van der Waals surface area contributed by atoms with E-state index in [-0.39, 0.29) is 0 Å². The quantitative estimate of drug-likeness (QED) is 0.376. The van der Waals surface area contributed by atoms with E-state index in [2.05, 4.69) is 4.98 Å². The molecule has 3 aromatic carbocycles. The van der Waals surface area contributed by atoms with Gasteiger partial charge < -0.3 is 14.2 Å². The first-order chi connectivity index (χ1) is 15.2. The molecule has 4 aromatic rings. The number of carbonyl (C=O) groups is 1. The van der Waals surface area contributed by atoms with Gasteiger partial charge in [0.15, 0.2) is 0 Å². The third-order valence-corrected chi connectivity index (χ3v) is 5.17. The second kappa shape index (κ2) is 8.88. The number of methoxy groups -OCH3 is 2. The molecule has 1 aromatic heterocycles. The van der Waals surface area contributed by atoms with Crippen LogP contribution in [0, 0.1) is 0 Å². The Balaban J connectivity index is 1.89. The maximum atomic E-state index is 12.7. The number of fused-ring (bicyclic) bond motifs is 1. The molecule has 0 aliphatic heterocycles. The maximum Gasteiger partial charge on any atom is 0.340 e. The van der Waals surface area contributed by atoms with Crippen LogP contribution in [0.5, 0.6) is 11.5 Å². The van der Waals surface area contributed by atoms with Crippen molar-refractivity contribution in [3.8, 4) is 33.8 Å². The van der Waals surface area contributed by atoms with Crippen LogP contribution in [0.25, 0.3) is 33.2 Å². The van der Waals surface area contributed by atoms with Gasteiger partial charge in [-0.1, -0.05) is 54.6 Å². The fraction of sp³-hybridized carbons (Fsp3) is 0.154. The number of para-hydroxylation sites is 2. The SMILES string of the molecule is CCOC(=O)c1cnc2c(OC)cccc2c1-c1ccc(-c2ccccc2OC)cc1. The predicted octanol–water partition coefficient (Wildman–Crippen LogP) is 5.76. The third kappa shape index (κ3) is 3.82. The Labute approximate surface area is 181 Å². The largest absolute Gasteiger partial charge is 0.496 e. The van der Waals surface area contributed by atoms with Gasteiger partial charge in [-0.25, -0.2) is 4.79 Å². The number of pyridine rings is 1. The second-order valence-corrected chi connectivity index (χ2v) is 6.90. The minimum absolute atomic E-state index is 0.293. The Morgan fingerprint density at radius 1 is 0.839 bits per heavy atom. The van der Waals surface area contributed by atoms with E-state index in [4.69, 9.17) is 14.2 Å². The van der Waals surface area contributed by atoms with E-state index in [1.54, 1.807) is 27.3 Å². The molecule has 0 N–H and O–H groups in total. The summed E-state index contributed by atoms with van der Waals surface area (Å²) >= 11 is 0. The van der Waals surface area contributed by atoms with Crippen LogP contribution < -0.4 is 9.47 Å². The lowest BCUT2D eigenvalue weighted by molar-refractivity contribution is 0.0527. The zero-order valence-corrected chi connectivity index (χ0v) is 17.7. The molecule has 31 heavy (non-hydrogen) atoms. The van der Waals surface area contributed by atoms with Crippen molar-refractivity contribution in [3.63, 3.8) is 0 Å². The highest BCUT2D eigenvalue weighted by atomic mass is 16.5. The molecule has 5 nitrogen and oxygen atoms in total. The van der Waals surface area contributed by atoms with E-state index < -0.39 is 5.97 Å². The van der Waals surface area contributed by atoms with Crippen molar-refractivity contribution in [1.29, 1.82) is 0 Å². The Kier molecular flexibility index (Phi) is 5.85. The smallest absolute Gasteiger partial charge is 0.340 e. The van der Waals surface area contributed by atoms with Gasteiger partial charge >= 0.3 is 5.97 Å². The number of ether oxygens (including phenoxy) is 3. The fourth-order valence-electron chi connectivity index (χ4n) is 3.73. The lowest BCUT2D eigenvalue weighted by Gasteiger charge is -2.15. The second-order valence-electron chi connectivity index (χ2n) is 6.90. The van der Waals surface area contributed by atoms with Crippen LogP contribution in [0.4, 0.5) is 0 Å². The third-order valence-electron chi connectivity index (χ3n) is 5.17. The van der Waals surface area contributed by atoms with Gasteiger partial charge in [-0.3, -0.25) is 4.98 Å². The first kappa shape index (κ1) is 20.4. The summed E-state index contributed by atoms with van der Waals surface area (Å²) in [5.41, 5.74) is 4.81. The van der Waals surface area contributed by atoms with Gasteiger partial charge in [0.05, 0.1) is 26.4 Å². The number of carbonyl (C=O) groups excluding carboxylic acids is 1. The molecular formula is C26H23NO4. The van der Waals surface area contributed by atoms with E-state index in [0.717, 1.165) is 33.4 Å². The monoisotopic (exact) mass is 413 g/mol. The van der Waals surface area contributed by atoms with E-state index in [1.807, 2.05) is 66.7 Å². The summed E-state index contributed by atoms with van der Waals surface area (Å²) in [4.78, 5) is 17.2. The highest BCUT2D eigenvalue weighted by molar-refractivity contribution is 6.08. The molecule has 1 heterocycles. The van der Waals surface area contributed by atoms with Crippen molar-refractivity contribution >= 4 is 16.9 Å². The number of hydrogen-bond acceptors (Lipinski definition) is 5. The first-order valence-electron chi connectivity index (χ1n) is 10.0.